The van der Waals surface area contributed by atoms with E-state index in [0.717, 1.165) is 11.8 Å². The molecule has 2 aromatic rings. The molecule has 148 valence electrons. The van der Waals surface area contributed by atoms with Gasteiger partial charge in [0.15, 0.2) is 0 Å². The van der Waals surface area contributed by atoms with Crippen LogP contribution in [0.1, 0.15) is 17.9 Å². The van der Waals surface area contributed by atoms with Crippen molar-refractivity contribution in [2.45, 2.75) is 12.3 Å². The van der Waals surface area contributed by atoms with Gasteiger partial charge in [0.2, 0.25) is 11.8 Å². The van der Waals surface area contributed by atoms with Crippen LogP contribution in [0.15, 0.2) is 53.1 Å². The smallest absolute Gasteiger partial charge is 0.234 e. The van der Waals surface area contributed by atoms with Crippen LogP contribution in [0.2, 0.25) is 10.0 Å². The fourth-order valence-corrected chi connectivity index (χ4v) is 4.28. The van der Waals surface area contributed by atoms with E-state index in [1.165, 1.54) is 12.1 Å². The van der Waals surface area contributed by atoms with Crippen LogP contribution < -0.4 is 10.6 Å². The highest BCUT2D eigenvalue weighted by molar-refractivity contribution is 8.03. The molecule has 0 radical (unpaired) electrons. The van der Waals surface area contributed by atoms with Crippen molar-refractivity contribution in [3.8, 4) is 6.07 Å². The van der Waals surface area contributed by atoms with E-state index >= 15 is 0 Å². The first-order chi connectivity index (χ1) is 13.9. The number of nitrogens with one attached hydrogen (secondary N) is 2. The summed E-state index contributed by atoms with van der Waals surface area (Å²) in [6.07, 6.45) is 0.0752. The third-order valence-corrected chi connectivity index (χ3v) is 5.58. The first-order valence-electron chi connectivity index (χ1n) is 8.44. The summed E-state index contributed by atoms with van der Waals surface area (Å²) in [4.78, 5) is 24.4. The van der Waals surface area contributed by atoms with Gasteiger partial charge in [-0.25, -0.2) is 4.39 Å². The molecule has 0 aromatic heterocycles. The Kier molecular flexibility index (Phi) is 6.80. The zero-order valence-electron chi connectivity index (χ0n) is 14.8. The quantitative estimate of drug-likeness (QED) is 0.683. The number of carbonyl (C=O) groups is 2. The zero-order valence-corrected chi connectivity index (χ0v) is 17.2. The fraction of sp³-hybridized carbons (Fsp3) is 0.150. The van der Waals surface area contributed by atoms with Gasteiger partial charge in [-0.15, -0.1) is 0 Å². The summed E-state index contributed by atoms with van der Waals surface area (Å²) in [5, 5.41) is 16.0. The number of anilines is 1. The molecule has 1 aliphatic rings. The Balaban J connectivity index is 1.75. The first-order valence-corrected chi connectivity index (χ1v) is 10.2. The molecule has 2 amide bonds. The van der Waals surface area contributed by atoms with Crippen molar-refractivity contribution in [2.75, 3.05) is 11.1 Å². The molecule has 5 nitrogen and oxygen atoms in total. The summed E-state index contributed by atoms with van der Waals surface area (Å²) in [6, 6.07) is 12.4. The number of benzene rings is 2. The summed E-state index contributed by atoms with van der Waals surface area (Å²) in [5.74, 6) is -1.56. The van der Waals surface area contributed by atoms with E-state index in [1.807, 2.05) is 0 Å². The van der Waals surface area contributed by atoms with Crippen molar-refractivity contribution in [3.05, 3.63) is 74.5 Å². The predicted molar refractivity (Wildman–Crippen MR) is 112 cm³/mol. The molecule has 1 aliphatic heterocycles. The van der Waals surface area contributed by atoms with E-state index in [2.05, 4.69) is 16.7 Å². The first kappa shape index (κ1) is 21.2. The average Bonchev–Trinajstić information content (AvgIpc) is 2.65. The zero-order chi connectivity index (χ0) is 21.0. The third kappa shape index (κ3) is 5.51. The Bertz CT molecular complexity index is 1010. The molecule has 0 saturated heterocycles. The van der Waals surface area contributed by atoms with Gasteiger partial charge < -0.3 is 10.6 Å². The van der Waals surface area contributed by atoms with E-state index in [-0.39, 0.29) is 24.0 Å². The number of amides is 2. The monoisotopic (exact) mass is 449 g/mol. The second kappa shape index (κ2) is 9.31. The third-order valence-electron chi connectivity index (χ3n) is 4.12. The van der Waals surface area contributed by atoms with Crippen molar-refractivity contribution in [1.29, 1.82) is 5.26 Å². The molecule has 1 atom stereocenters. The van der Waals surface area contributed by atoms with Gasteiger partial charge in [-0.3, -0.25) is 9.59 Å². The molecule has 3 rings (SSSR count). The van der Waals surface area contributed by atoms with Crippen LogP contribution in [0.5, 0.6) is 0 Å². The van der Waals surface area contributed by atoms with Gasteiger partial charge >= 0.3 is 0 Å². The molecule has 2 aromatic carbocycles. The van der Waals surface area contributed by atoms with Crippen LogP contribution in [0.4, 0.5) is 10.1 Å². The van der Waals surface area contributed by atoms with E-state index < -0.39 is 11.7 Å². The van der Waals surface area contributed by atoms with E-state index in [4.69, 9.17) is 23.2 Å². The van der Waals surface area contributed by atoms with Crippen LogP contribution >= 0.6 is 35.0 Å². The molecule has 0 spiro atoms. The van der Waals surface area contributed by atoms with E-state index in [1.54, 1.807) is 30.3 Å². The highest BCUT2D eigenvalue weighted by Crippen LogP contribution is 2.36. The Morgan fingerprint density at radius 1 is 1.24 bits per heavy atom. The molecule has 0 fully saturated rings. The molecule has 0 aliphatic carbocycles. The summed E-state index contributed by atoms with van der Waals surface area (Å²) in [6.45, 7) is 0. The predicted octanol–water partition coefficient (Wildman–Crippen LogP) is 4.84. The van der Waals surface area contributed by atoms with E-state index in [0.29, 0.717) is 31.9 Å². The number of nitriles is 1. The topological polar surface area (TPSA) is 82.0 Å². The van der Waals surface area contributed by atoms with Crippen molar-refractivity contribution < 1.29 is 14.0 Å². The van der Waals surface area contributed by atoms with Gasteiger partial charge in [-0.05, 0) is 35.9 Å². The number of allylic oxidation sites excluding steroid dienone is 1. The number of carbonyl (C=O) groups excluding carboxylic acids is 2. The summed E-state index contributed by atoms with van der Waals surface area (Å²) < 4.78 is 13.2. The van der Waals surface area contributed by atoms with E-state index in [9.17, 15) is 19.2 Å². The van der Waals surface area contributed by atoms with Crippen LogP contribution in [0.3, 0.4) is 0 Å². The minimum Gasteiger partial charge on any atom is -0.325 e. The summed E-state index contributed by atoms with van der Waals surface area (Å²) >= 11 is 12.9. The molecular formula is C20H14Cl2FN3O2S. The molecule has 0 saturated carbocycles. The number of thioether (sulfide) groups is 1. The van der Waals surface area contributed by atoms with Gasteiger partial charge in [0.05, 0.1) is 22.4 Å². The van der Waals surface area contributed by atoms with Gasteiger partial charge in [-0.1, -0.05) is 47.1 Å². The highest BCUT2D eigenvalue weighted by atomic mass is 35.5. The lowest BCUT2D eigenvalue weighted by atomic mass is 9.87. The Morgan fingerprint density at radius 3 is 2.52 bits per heavy atom. The molecule has 0 bridgehead atoms. The minimum absolute atomic E-state index is 0.0406. The maximum atomic E-state index is 13.2. The maximum Gasteiger partial charge on any atom is 0.234 e. The Morgan fingerprint density at radius 2 is 1.90 bits per heavy atom. The molecule has 9 heteroatoms. The molecule has 1 heterocycles. The van der Waals surface area contributed by atoms with Crippen molar-refractivity contribution in [3.63, 3.8) is 0 Å². The van der Waals surface area contributed by atoms with Crippen LogP contribution in [-0.2, 0) is 9.59 Å². The number of halogens is 3. The fourth-order valence-electron chi connectivity index (χ4n) is 2.87. The normalized spacial score (nSPS) is 16.2. The standard InChI is InChI=1S/C20H14Cl2FN3O2S/c21-12-5-13(22)7-15(6-12)25-19(28)10-29-20-17(9-24)16(8-18(27)26-20)11-1-3-14(23)4-2-11/h1-7,16H,8,10H2,(H,25,28)(H,26,27)/t16-/m0/s1. The molecule has 2 N–H and O–H groups in total. The Hall–Kier alpha value is -2.53. The minimum atomic E-state index is -0.494. The summed E-state index contributed by atoms with van der Waals surface area (Å²) in [5.41, 5.74) is 1.44. The van der Waals surface area contributed by atoms with Crippen molar-refractivity contribution in [2.24, 2.45) is 0 Å². The number of nitrogens with zero attached hydrogens (tertiary/aromatic N) is 1. The van der Waals surface area contributed by atoms with Crippen LogP contribution in [0, 0.1) is 17.1 Å². The summed E-state index contributed by atoms with van der Waals surface area (Å²) in [7, 11) is 0. The van der Waals surface area contributed by atoms with Gasteiger partial charge in [0.25, 0.3) is 0 Å². The second-order valence-electron chi connectivity index (χ2n) is 6.21. The number of hydrogen-bond donors (Lipinski definition) is 2. The lowest BCUT2D eigenvalue weighted by molar-refractivity contribution is -0.121. The highest BCUT2D eigenvalue weighted by Gasteiger charge is 2.29. The SMILES string of the molecule is N#CC1=C(SCC(=O)Nc2cc(Cl)cc(Cl)c2)NC(=O)C[C@H]1c1ccc(F)cc1. The average molecular weight is 450 g/mol. The van der Waals surface area contributed by atoms with Gasteiger partial charge in [0, 0.05) is 28.1 Å². The van der Waals surface area contributed by atoms with Crippen LogP contribution in [-0.4, -0.2) is 17.6 Å². The number of rotatable bonds is 5. The number of hydrogen-bond acceptors (Lipinski definition) is 4. The van der Waals surface area contributed by atoms with Gasteiger partial charge in [-0.2, -0.15) is 5.26 Å². The van der Waals surface area contributed by atoms with Crippen molar-refractivity contribution >= 4 is 52.5 Å². The lowest BCUT2D eigenvalue weighted by Crippen LogP contribution is -2.31. The van der Waals surface area contributed by atoms with Crippen molar-refractivity contribution in [1.82, 2.24) is 5.32 Å². The molecule has 0 unspecified atom stereocenters. The largest absolute Gasteiger partial charge is 0.325 e. The van der Waals surface area contributed by atoms with Gasteiger partial charge in [0.1, 0.15) is 5.82 Å². The lowest BCUT2D eigenvalue weighted by Gasteiger charge is -2.25. The van der Waals surface area contributed by atoms with Crippen LogP contribution in [0.25, 0.3) is 0 Å². The molecule has 29 heavy (non-hydrogen) atoms. The second-order valence-corrected chi connectivity index (χ2v) is 8.06. The Labute approximate surface area is 180 Å². The maximum absolute atomic E-state index is 13.2. The molecular weight excluding hydrogens is 436 g/mol.